The molecular formula is C20H22N2O. The van der Waals surface area contributed by atoms with Crippen molar-refractivity contribution in [3.8, 4) is 22.9 Å². The van der Waals surface area contributed by atoms with E-state index in [-0.39, 0.29) is 0 Å². The minimum absolute atomic E-state index is 0.341. The molecule has 0 aromatic heterocycles. The van der Waals surface area contributed by atoms with E-state index < -0.39 is 0 Å². The molecule has 0 bridgehead atoms. The van der Waals surface area contributed by atoms with E-state index in [0.29, 0.717) is 18.1 Å². The second-order valence-corrected chi connectivity index (χ2v) is 6.30. The van der Waals surface area contributed by atoms with Crippen LogP contribution in [0.15, 0.2) is 48.5 Å². The molecule has 1 N–H and O–H groups in total. The van der Waals surface area contributed by atoms with Crippen LogP contribution in [0.3, 0.4) is 0 Å². The Balaban J connectivity index is 1.64. The number of rotatable bonds is 4. The first-order chi connectivity index (χ1) is 11.3. The van der Waals surface area contributed by atoms with Crippen LogP contribution in [0, 0.1) is 17.2 Å². The van der Waals surface area contributed by atoms with Gasteiger partial charge in [0.25, 0.3) is 0 Å². The van der Waals surface area contributed by atoms with Gasteiger partial charge in [0, 0.05) is 18.5 Å². The fourth-order valence-corrected chi connectivity index (χ4v) is 3.27. The molecule has 0 amide bonds. The van der Waals surface area contributed by atoms with Gasteiger partial charge >= 0.3 is 0 Å². The van der Waals surface area contributed by atoms with Crippen LogP contribution in [0.25, 0.3) is 11.1 Å². The zero-order valence-electron chi connectivity index (χ0n) is 13.3. The number of nitrogens with zero attached hydrogens (tertiary/aromatic N) is 2. The van der Waals surface area contributed by atoms with Gasteiger partial charge in [-0.05, 0) is 49.0 Å². The van der Waals surface area contributed by atoms with Crippen molar-refractivity contribution in [1.82, 2.24) is 4.90 Å². The molecule has 3 nitrogen and oxygen atoms in total. The average Bonchev–Trinajstić information content (AvgIpc) is 2.58. The van der Waals surface area contributed by atoms with Crippen molar-refractivity contribution in [2.24, 2.45) is 5.92 Å². The fourth-order valence-electron chi connectivity index (χ4n) is 3.27. The highest BCUT2D eigenvalue weighted by atomic mass is 16.3. The van der Waals surface area contributed by atoms with Gasteiger partial charge in [0.2, 0.25) is 0 Å². The van der Waals surface area contributed by atoms with Crippen LogP contribution in [0.1, 0.15) is 24.8 Å². The van der Waals surface area contributed by atoms with Crippen LogP contribution >= 0.6 is 0 Å². The van der Waals surface area contributed by atoms with Gasteiger partial charge in [-0.1, -0.05) is 42.5 Å². The van der Waals surface area contributed by atoms with E-state index in [1.54, 1.807) is 0 Å². The van der Waals surface area contributed by atoms with Crippen molar-refractivity contribution in [2.75, 3.05) is 13.1 Å². The molecule has 0 aliphatic carbocycles. The molecule has 1 aliphatic rings. The summed E-state index contributed by atoms with van der Waals surface area (Å²) in [6.45, 7) is 2.93. The lowest BCUT2D eigenvalue weighted by Gasteiger charge is -2.31. The number of piperidine rings is 1. The molecule has 1 heterocycles. The number of hydrogen-bond donors (Lipinski definition) is 1. The molecule has 1 aliphatic heterocycles. The van der Waals surface area contributed by atoms with Crippen molar-refractivity contribution in [3.63, 3.8) is 0 Å². The standard InChI is InChI=1S/C20H22N2O/c21-11-8-16-9-12-22(13-10-16)15-17-6-7-19(20(23)14-17)18-4-2-1-3-5-18/h1-7,14,16,23H,8-10,12-13,15H2. The van der Waals surface area contributed by atoms with Crippen molar-refractivity contribution in [2.45, 2.75) is 25.8 Å². The lowest BCUT2D eigenvalue weighted by atomic mass is 9.94. The molecule has 3 heteroatoms. The molecule has 0 saturated carbocycles. The van der Waals surface area contributed by atoms with Crippen LogP contribution in [-0.2, 0) is 6.54 Å². The SMILES string of the molecule is N#CCC1CCN(Cc2ccc(-c3ccccc3)c(O)c2)CC1. The van der Waals surface area contributed by atoms with E-state index in [1.165, 1.54) is 0 Å². The second kappa shape index (κ2) is 7.30. The van der Waals surface area contributed by atoms with Crippen molar-refractivity contribution in [3.05, 3.63) is 54.1 Å². The van der Waals surface area contributed by atoms with Crippen LogP contribution in [0.2, 0.25) is 0 Å². The van der Waals surface area contributed by atoms with Gasteiger partial charge in [-0.3, -0.25) is 4.90 Å². The molecular weight excluding hydrogens is 284 g/mol. The van der Waals surface area contributed by atoms with E-state index in [1.807, 2.05) is 42.5 Å². The predicted molar refractivity (Wildman–Crippen MR) is 91.8 cm³/mol. The van der Waals surface area contributed by atoms with Crippen LogP contribution in [-0.4, -0.2) is 23.1 Å². The summed E-state index contributed by atoms with van der Waals surface area (Å²) >= 11 is 0. The minimum Gasteiger partial charge on any atom is -0.507 e. The predicted octanol–water partition coefficient (Wildman–Crippen LogP) is 4.18. The summed E-state index contributed by atoms with van der Waals surface area (Å²) in [4.78, 5) is 2.41. The molecule has 3 rings (SSSR count). The topological polar surface area (TPSA) is 47.3 Å². The van der Waals surface area contributed by atoms with Crippen molar-refractivity contribution < 1.29 is 5.11 Å². The smallest absolute Gasteiger partial charge is 0.123 e. The van der Waals surface area contributed by atoms with Crippen LogP contribution in [0.5, 0.6) is 5.75 Å². The van der Waals surface area contributed by atoms with E-state index in [0.717, 1.165) is 49.2 Å². The zero-order chi connectivity index (χ0) is 16.1. The molecule has 2 aromatic carbocycles. The first kappa shape index (κ1) is 15.6. The van der Waals surface area contributed by atoms with Crippen molar-refractivity contribution >= 4 is 0 Å². The Bertz CT molecular complexity index is 683. The molecule has 0 spiro atoms. The highest BCUT2D eigenvalue weighted by Gasteiger charge is 2.19. The van der Waals surface area contributed by atoms with Gasteiger partial charge in [0.15, 0.2) is 0 Å². The third-order valence-corrected chi connectivity index (χ3v) is 4.64. The Morgan fingerprint density at radius 3 is 2.48 bits per heavy atom. The van der Waals surface area contributed by atoms with Crippen LogP contribution in [0.4, 0.5) is 0 Å². The molecule has 0 radical (unpaired) electrons. The Kier molecular flexibility index (Phi) is 4.95. The molecule has 1 saturated heterocycles. The highest BCUT2D eigenvalue weighted by molar-refractivity contribution is 5.70. The number of nitriles is 1. The third kappa shape index (κ3) is 3.91. The Morgan fingerprint density at radius 2 is 1.83 bits per heavy atom. The largest absolute Gasteiger partial charge is 0.507 e. The maximum absolute atomic E-state index is 10.3. The monoisotopic (exact) mass is 306 g/mol. The number of likely N-dealkylation sites (tertiary alicyclic amines) is 1. The lowest BCUT2D eigenvalue weighted by Crippen LogP contribution is -2.33. The van der Waals surface area contributed by atoms with E-state index >= 15 is 0 Å². The zero-order valence-corrected chi connectivity index (χ0v) is 13.3. The summed E-state index contributed by atoms with van der Waals surface area (Å²) in [6.07, 6.45) is 2.88. The highest BCUT2D eigenvalue weighted by Crippen LogP contribution is 2.30. The molecule has 2 aromatic rings. The van der Waals surface area contributed by atoms with E-state index in [4.69, 9.17) is 5.26 Å². The van der Waals surface area contributed by atoms with Gasteiger partial charge in [-0.15, -0.1) is 0 Å². The summed E-state index contributed by atoms with van der Waals surface area (Å²) in [7, 11) is 0. The minimum atomic E-state index is 0.341. The van der Waals surface area contributed by atoms with Gasteiger partial charge < -0.3 is 5.11 Å². The fraction of sp³-hybridized carbons (Fsp3) is 0.350. The van der Waals surface area contributed by atoms with Gasteiger partial charge in [-0.25, -0.2) is 0 Å². The summed E-state index contributed by atoms with van der Waals surface area (Å²) in [6, 6.07) is 18.2. The van der Waals surface area contributed by atoms with Gasteiger partial charge in [0.1, 0.15) is 5.75 Å². The number of phenols is 1. The molecule has 1 fully saturated rings. The summed E-state index contributed by atoms with van der Waals surface area (Å²) < 4.78 is 0. The Hall–Kier alpha value is -2.31. The number of benzene rings is 2. The molecule has 23 heavy (non-hydrogen) atoms. The maximum Gasteiger partial charge on any atom is 0.123 e. The van der Waals surface area contributed by atoms with E-state index in [9.17, 15) is 5.11 Å². The van der Waals surface area contributed by atoms with Crippen LogP contribution < -0.4 is 0 Å². The van der Waals surface area contributed by atoms with Gasteiger partial charge in [-0.2, -0.15) is 5.26 Å². The van der Waals surface area contributed by atoms with E-state index in [2.05, 4.69) is 17.0 Å². The number of aromatic hydroxyl groups is 1. The normalized spacial score (nSPS) is 16.1. The quantitative estimate of drug-likeness (QED) is 0.921. The first-order valence-corrected chi connectivity index (χ1v) is 8.23. The Labute approximate surface area is 137 Å². The summed E-state index contributed by atoms with van der Waals surface area (Å²) in [5, 5.41) is 19.1. The summed E-state index contributed by atoms with van der Waals surface area (Å²) in [5.74, 6) is 0.901. The second-order valence-electron chi connectivity index (χ2n) is 6.30. The van der Waals surface area contributed by atoms with Gasteiger partial charge in [0.05, 0.1) is 6.07 Å². The van der Waals surface area contributed by atoms with Crippen molar-refractivity contribution in [1.29, 1.82) is 5.26 Å². The maximum atomic E-state index is 10.3. The molecule has 0 unspecified atom stereocenters. The average molecular weight is 306 g/mol. The lowest BCUT2D eigenvalue weighted by molar-refractivity contribution is 0.179. The summed E-state index contributed by atoms with van der Waals surface area (Å²) in [5.41, 5.74) is 3.05. The molecule has 118 valence electrons. The number of phenolic OH excluding ortho intramolecular Hbond substituents is 1. The first-order valence-electron chi connectivity index (χ1n) is 8.23. The Morgan fingerprint density at radius 1 is 1.09 bits per heavy atom. The molecule has 0 atom stereocenters. The number of hydrogen-bond acceptors (Lipinski definition) is 3. The third-order valence-electron chi connectivity index (χ3n) is 4.64.